The third-order valence-corrected chi connectivity index (χ3v) is 0. The Kier molecular flexibility index (Phi) is 124. The second-order valence-electron chi connectivity index (χ2n) is 2.33. The van der Waals surface area contributed by atoms with Gasteiger partial charge in [0.15, 0.2) is 0 Å². The smallest absolute Gasteiger partial charge is 0.418 e. The Morgan fingerprint density at radius 3 is 0.379 bits per heavy atom. The largest absolute Gasteiger partial charge is 0.673 e. The summed E-state index contributed by atoms with van der Waals surface area (Å²) in [5.41, 5.74) is 0. The van der Waals surface area contributed by atoms with E-state index in [0.717, 1.165) is 0 Å². The molecule has 29 heavy (non-hydrogen) atoms. The van der Waals surface area contributed by atoms with Gasteiger partial charge in [0.2, 0.25) is 0 Å². The van der Waals surface area contributed by atoms with Crippen LogP contribution in [-0.4, -0.2) is 14.5 Å². The fourth-order valence-electron chi connectivity index (χ4n) is 0. The summed E-state index contributed by atoms with van der Waals surface area (Å²) in [4.78, 5) is 0. The van der Waals surface area contributed by atoms with E-state index in [2.05, 4.69) is 0 Å². The minimum Gasteiger partial charge on any atom is -0.418 e. The van der Waals surface area contributed by atoms with Crippen molar-refractivity contribution in [3.05, 3.63) is 0 Å². The van der Waals surface area contributed by atoms with Gasteiger partial charge in [-0.15, -0.1) is 0 Å². The molecule has 0 unspecified atom stereocenters. The normalized spacial score (nSPS) is 5.79. The number of nitrogens with zero attached hydrogens (tertiary/aromatic N) is 6. The summed E-state index contributed by atoms with van der Waals surface area (Å²) in [6.07, 6.45) is 0. The third-order valence-electron chi connectivity index (χ3n) is 0. The van der Waals surface area contributed by atoms with Crippen LogP contribution in [0.25, 0.3) is 0 Å². The van der Waals surface area contributed by atoms with Crippen LogP contribution in [0.2, 0.25) is 0 Å². The van der Waals surface area contributed by atoms with Crippen molar-refractivity contribution >= 4 is 14.5 Å². The van der Waals surface area contributed by atoms with Gasteiger partial charge in [0.25, 0.3) is 0 Å². The average molecular weight is 518 g/mol. The van der Waals surface area contributed by atoms with E-state index in [1.54, 1.807) is 36.4 Å². The molecule has 0 saturated carbocycles. The molecule has 0 spiro atoms. The second-order valence-corrected chi connectivity index (χ2v) is 2.33. The van der Waals surface area contributed by atoms with Crippen molar-refractivity contribution in [3.63, 3.8) is 0 Å². The molecular weight excluding hydrogens is 500 g/mol. The van der Waals surface area contributed by atoms with Crippen LogP contribution in [-0.2, 0) is 20.1 Å². The number of halogens is 8. The number of hydrogen-bond donors (Lipinski definition) is 0. The van der Waals surface area contributed by atoms with Crippen LogP contribution in [0.4, 0.5) is 34.5 Å². The fourth-order valence-corrected chi connectivity index (χ4v) is 0. The summed E-state index contributed by atoms with van der Waals surface area (Å²) in [5, 5.41) is 43.9. The Labute approximate surface area is 179 Å². The fraction of sp³-hybridized carbons (Fsp3) is 0.500. The summed E-state index contributed by atoms with van der Waals surface area (Å²) in [7, 11) is -12.0. The molecule has 167 valence electrons. The van der Waals surface area contributed by atoms with Gasteiger partial charge >= 0.3 is 14.5 Å². The molecule has 0 bridgehead atoms. The molecule has 0 rings (SSSR count). The predicted octanol–water partition coefficient (Wildman–Crippen LogP) is 5.78. The summed E-state index contributed by atoms with van der Waals surface area (Å²) in [5.74, 6) is 0. The van der Waals surface area contributed by atoms with Gasteiger partial charge in [-0.2, -0.15) is 31.6 Å². The Morgan fingerprint density at radius 2 is 0.379 bits per heavy atom. The van der Waals surface area contributed by atoms with Gasteiger partial charge in [0.05, 0.1) is 36.4 Å². The van der Waals surface area contributed by atoms with E-state index in [4.69, 9.17) is 31.6 Å². The molecule has 0 N–H and O–H groups in total. The Bertz CT molecular complexity index is 399. The molecule has 0 fully saturated rings. The molecule has 0 aromatic rings. The molecule has 0 aliphatic rings. The van der Waals surface area contributed by atoms with Crippen LogP contribution in [0.1, 0.15) is 41.5 Å². The first-order chi connectivity index (χ1) is 12.5. The van der Waals surface area contributed by atoms with Crippen molar-refractivity contribution in [2.45, 2.75) is 41.5 Å². The van der Waals surface area contributed by atoms with Crippen molar-refractivity contribution in [1.29, 1.82) is 31.6 Å². The Morgan fingerprint density at radius 1 is 0.379 bits per heavy atom. The zero-order valence-corrected chi connectivity index (χ0v) is 18.1. The van der Waals surface area contributed by atoms with E-state index in [-0.39, 0.29) is 20.1 Å². The molecular formula is C12H18B2F8N6Tc-2. The summed E-state index contributed by atoms with van der Waals surface area (Å²) >= 11 is 0. The molecule has 0 aliphatic heterocycles. The summed E-state index contributed by atoms with van der Waals surface area (Å²) in [6.45, 7) is 8.58. The molecule has 0 aliphatic carbocycles. The molecule has 0 amide bonds. The van der Waals surface area contributed by atoms with Crippen LogP contribution in [0, 0.1) is 68.0 Å². The molecule has 1 radical (unpaired) electrons. The first kappa shape index (κ1) is 56.2. The van der Waals surface area contributed by atoms with Gasteiger partial charge in [-0.1, -0.05) is 0 Å². The molecule has 0 aromatic heterocycles. The third kappa shape index (κ3) is 1670. The van der Waals surface area contributed by atoms with E-state index in [1.807, 2.05) is 0 Å². The van der Waals surface area contributed by atoms with Crippen molar-refractivity contribution in [3.8, 4) is 36.4 Å². The van der Waals surface area contributed by atoms with Gasteiger partial charge in [-0.3, -0.25) is 0 Å². The van der Waals surface area contributed by atoms with Crippen molar-refractivity contribution in [1.82, 2.24) is 0 Å². The average Bonchev–Trinajstić information content (AvgIpc) is 2.39. The van der Waals surface area contributed by atoms with Crippen LogP contribution in [0.5, 0.6) is 0 Å². The molecule has 0 saturated heterocycles. The molecule has 0 atom stereocenters. The zero-order valence-electron chi connectivity index (χ0n) is 16.2. The van der Waals surface area contributed by atoms with E-state index >= 15 is 0 Å². The van der Waals surface area contributed by atoms with Crippen LogP contribution >= 0.6 is 0 Å². The number of hydrogen-bond acceptors (Lipinski definition) is 6. The van der Waals surface area contributed by atoms with Gasteiger partial charge in [0.1, 0.15) is 0 Å². The Hall–Kier alpha value is -2.84. The maximum absolute atomic E-state index is 9.75. The predicted molar refractivity (Wildman–Crippen MR) is 88.1 cm³/mol. The quantitative estimate of drug-likeness (QED) is 0.294. The minimum atomic E-state index is -6.00. The van der Waals surface area contributed by atoms with Crippen LogP contribution in [0.15, 0.2) is 0 Å². The maximum atomic E-state index is 9.75. The maximum Gasteiger partial charge on any atom is 0.673 e. The first-order valence-corrected chi connectivity index (χ1v) is 6.09. The van der Waals surface area contributed by atoms with Gasteiger partial charge < -0.3 is 34.5 Å². The van der Waals surface area contributed by atoms with Gasteiger partial charge in [-0.05, 0) is 0 Å². The Balaban J connectivity index is -0.0000000227. The van der Waals surface area contributed by atoms with Crippen molar-refractivity contribution in [2.75, 3.05) is 0 Å². The summed E-state index contributed by atoms with van der Waals surface area (Å²) in [6, 6.07) is 10.5. The van der Waals surface area contributed by atoms with Crippen LogP contribution in [0.3, 0.4) is 0 Å². The monoisotopic (exact) mass is 517 g/mol. The molecule has 17 heteroatoms. The van der Waals surface area contributed by atoms with Crippen LogP contribution < -0.4 is 0 Å². The second kappa shape index (κ2) is 63.9. The first-order valence-electron chi connectivity index (χ1n) is 6.09. The van der Waals surface area contributed by atoms with E-state index in [1.165, 1.54) is 41.5 Å². The van der Waals surface area contributed by atoms with Crippen molar-refractivity contribution in [2.24, 2.45) is 0 Å². The number of rotatable bonds is 0. The van der Waals surface area contributed by atoms with Gasteiger partial charge in [-0.25, -0.2) is 0 Å². The summed E-state index contributed by atoms with van der Waals surface area (Å²) < 4.78 is 78.0. The minimum absolute atomic E-state index is 0. The molecule has 6 nitrogen and oxygen atoms in total. The van der Waals surface area contributed by atoms with Gasteiger partial charge in [0, 0.05) is 61.6 Å². The zero-order chi connectivity index (χ0) is 25.2. The SMILES string of the molecule is CC#N.CC#N.CC#N.CC#N.CC#N.CC#N.F[B-](F)(F)F.F[B-](F)(F)F.[Tc]. The standard InChI is InChI=1S/6C2H3N.2BF4.Tc/c6*1-2-3;2*2-1(3,4)5;/h6*1H3;;;/q;;;;;;2*-1;. The topological polar surface area (TPSA) is 143 Å². The van der Waals surface area contributed by atoms with E-state index in [9.17, 15) is 34.5 Å². The van der Waals surface area contributed by atoms with E-state index in [0.29, 0.717) is 0 Å². The molecule has 0 heterocycles. The van der Waals surface area contributed by atoms with E-state index < -0.39 is 14.5 Å². The van der Waals surface area contributed by atoms with Crippen molar-refractivity contribution < 1.29 is 54.6 Å². The number of nitriles is 6. The molecule has 0 aromatic carbocycles.